The molecule has 1 aliphatic rings. The number of carbonyl (C=O) groups is 1. The topological polar surface area (TPSA) is 85.2 Å². The molecule has 3 atom stereocenters. The predicted octanol–water partition coefficient (Wildman–Crippen LogP) is 7.42. The number of rotatable bonds is 9. The molecule has 3 aromatic rings. The van der Waals surface area contributed by atoms with Gasteiger partial charge in [0, 0.05) is 23.5 Å². The molecule has 0 bridgehead atoms. The van der Waals surface area contributed by atoms with Crippen molar-refractivity contribution in [3.8, 4) is 17.2 Å². The normalized spacial score (nSPS) is 19.9. The molecule has 0 aliphatic carbocycles. The Bertz CT molecular complexity index is 1270. The molecule has 0 spiro atoms. The number of aliphatic carboxylic acids is 1. The van der Waals surface area contributed by atoms with Crippen molar-refractivity contribution in [3.05, 3.63) is 102 Å². The molecule has 6 nitrogen and oxygen atoms in total. The van der Waals surface area contributed by atoms with Crippen LogP contribution in [0.3, 0.4) is 0 Å². The Morgan fingerprint density at radius 1 is 1.00 bits per heavy atom. The summed E-state index contributed by atoms with van der Waals surface area (Å²) in [5.74, 6) is -0.570. The summed E-state index contributed by atoms with van der Waals surface area (Å²) in [6, 6.07) is 18.2. The number of alkyl halides is 3. The Kier molecular flexibility index (Phi) is 8.70. The molecule has 9 heteroatoms. The highest BCUT2D eigenvalue weighted by Gasteiger charge is 2.35. The molecule has 1 aliphatic heterocycles. The third-order valence-corrected chi connectivity index (χ3v) is 6.06. The first-order valence-electron chi connectivity index (χ1n) is 12.1. The molecular formula is C29H27F3O6. The van der Waals surface area contributed by atoms with Gasteiger partial charge in [0.2, 0.25) is 0 Å². The third-order valence-electron chi connectivity index (χ3n) is 6.06. The van der Waals surface area contributed by atoms with Crippen LogP contribution in [0, 0.1) is 5.92 Å². The van der Waals surface area contributed by atoms with Gasteiger partial charge in [0.05, 0.1) is 18.3 Å². The van der Waals surface area contributed by atoms with E-state index in [2.05, 4.69) is 0 Å². The van der Waals surface area contributed by atoms with Gasteiger partial charge in [0.1, 0.15) is 17.2 Å². The van der Waals surface area contributed by atoms with Crippen molar-refractivity contribution in [3.63, 3.8) is 0 Å². The van der Waals surface area contributed by atoms with Gasteiger partial charge in [-0.3, -0.25) is 4.79 Å². The standard InChI is InChI=1S/C29H27F3O6/c30-29(31,32)21-10-7-12-23(17-21)37-22-11-6-9-19(16-22)28-36-18-20(8-2-1-3-15-26(34)35)27(38-28)24-13-4-5-14-25(24)33/h1-2,4-7,9-14,16-17,20,27-28,33H,3,8,15,18H2,(H,34,35)/b2-1-/t20-,27+,28?/m1/s1. The maximum atomic E-state index is 13.1. The fourth-order valence-corrected chi connectivity index (χ4v) is 4.20. The first-order valence-corrected chi connectivity index (χ1v) is 12.1. The summed E-state index contributed by atoms with van der Waals surface area (Å²) >= 11 is 0. The van der Waals surface area contributed by atoms with Crippen molar-refractivity contribution in [2.75, 3.05) is 6.61 Å². The molecule has 0 saturated carbocycles. The zero-order valence-electron chi connectivity index (χ0n) is 20.3. The van der Waals surface area contributed by atoms with Crippen LogP contribution < -0.4 is 4.74 Å². The number of phenols is 1. The number of aromatic hydroxyl groups is 1. The first kappa shape index (κ1) is 27.2. The van der Waals surface area contributed by atoms with Gasteiger partial charge in [-0.15, -0.1) is 0 Å². The second-order valence-corrected chi connectivity index (χ2v) is 8.88. The van der Waals surface area contributed by atoms with Gasteiger partial charge in [0.25, 0.3) is 0 Å². The Morgan fingerprint density at radius 3 is 2.47 bits per heavy atom. The molecule has 4 rings (SSSR count). The van der Waals surface area contributed by atoms with Crippen molar-refractivity contribution in [1.29, 1.82) is 0 Å². The second-order valence-electron chi connectivity index (χ2n) is 8.88. The third kappa shape index (κ3) is 7.14. The Balaban J connectivity index is 1.51. The molecule has 2 N–H and O–H groups in total. The molecule has 38 heavy (non-hydrogen) atoms. The fraction of sp³-hybridized carbons (Fsp3) is 0.276. The quantitative estimate of drug-likeness (QED) is 0.281. The highest BCUT2D eigenvalue weighted by Crippen LogP contribution is 2.43. The van der Waals surface area contributed by atoms with E-state index in [1.165, 1.54) is 12.1 Å². The number of hydrogen-bond acceptors (Lipinski definition) is 5. The van der Waals surface area contributed by atoms with E-state index < -0.39 is 30.1 Å². The van der Waals surface area contributed by atoms with Gasteiger partial charge in [-0.25, -0.2) is 0 Å². The average molecular weight is 529 g/mol. The number of carboxylic acids is 1. The fourth-order valence-electron chi connectivity index (χ4n) is 4.20. The van der Waals surface area contributed by atoms with Crippen LogP contribution in [0.4, 0.5) is 13.2 Å². The largest absolute Gasteiger partial charge is 0.508 e. The Morgan fingerprint density at radius 2 is 1.74 bits per heavy atom. The lowest BCUT2D eigenvalue weighted by Crippen LogP contribution is -2.30. The van der Waals surface area contributed by atoms with Gasteiger partial charge in [0.15, 0.2) is 6.29 Å². The highest BCUT2D eigenvalue weighted by atomic mass is 19.4. The van der Waals surface area contributed by atoms with Crippen LogP contribution in [0.15, 0.2) is 84.9 Å². The summed E-state index contributed by atoms with van der Waals surface area (Å²) in [7, 11) is 0. The number of hydrogen-bond donors (Lipinski definition) is 2. The van der Waals surface area contributed by atoms with Gasteiger partial charge in [-0.05, 0) is 49.2 Å². The molecule has 1 unspecified atom stereocenters. The highest BCUT2D eigenvalue weighted by molar-refractivity contribution is 5.66. The van der Waals surface area contributed by atoms with Gasteiger partial charge in [-0.1, -0.05) is 48.6 Å². The summed E-state index contributed by atoms with van der Waals surface area (Å²) in [4.78, 5) is 10.7. The van der Waals surface area contributed by atoms with E-state index in [-0.39, 0.29) is 23.8 Å². The van der Waals surface area contributed by atoms with Crippen molar-refractivity contribution < 1.29 is 42.4 Å². The van der Waals surface area contributed by atoms with E-state index in [4.69, 9.17) is 19.3 Å². The minimum atomic E-state index is -4.48. The zero-order chi connectivity index (χ0) is 27.1. The number of benzene rings is 3. The maximum Gasteiger partial charge on any atom is 0.416 e. The molecule has 1 saturated heterocycles. The Hall–Kier alpha value is -3.82. The van der Waals surface area contributed by atoms with Gasteiger partial charge in [-0.2, -0.15) is 13.2 Å². The van der Waals surface area contributed by atoms with Crippen LogP contribution in [-0.4, -0.2) is 22.8 Å². The molecule has 1 fully saturated rings. The molecule has 0 amide bonds. The average Bonchev–Trinajstić information content (AvgIpc) is 2.89. The molecule has 1 heterocycles. The molecule has 200 valence electrons. The summed E-state index contributed by atoms with van der Waals surface area (Å²) < 4.78 is 57.2. The maximum absolute atomic E-state index is 13.1. The lowest BCUT2D eigenvalue weighted by atomic mass is 9.91. The SMILES string of the molecule is O=C(O)CC/C=C\C[C@@H]1COC(c2cccc(Oc3cccc(C(F)(F)F)c3)c2)O[C@@H]1c1ccccc1O. The summed E-state index contributed by atoms with van der Waals surface area (Å²) in [5, 5.41) is 19.3. The molecular weight excluding hydrogens is 501 g/mol. The number of allylic oxidation sites excluding steroid dienone is 2. The monoisotopic (exact) mass is 528 g/mol. The van der Waals surface area contributed by atoms with E-state index in [1.807, 2.05) is 6.08 Å². The summed E-state index contributed by atoms with van der Waals surface area (Å²) in [5.41, 5.74) is 0.394. The van der Waals surface area contributed by atoms with Gasteiger partial charge < -0.3 is 24.4 Å². The molecule has 3 aromatic carbocycles. The number of ether oxygens (including phenoxy) is 3. The van der Waals surface area contributed by atoms with Crippen LogP contribution in [0.1, 0.15) is 48.3 Å². The zero-order valence-corrected chi connectivity index (χ0v) is 20.3. The van der Waals surface area contributed by atoms with Crippen molar-refractivity contribution in [2.45, 2.75) is 37.8 Å². The lowest BCUT2D eigenvalue weighted by Gasteiger charge is -2.37. The van der Waals surface area contributed by atoms with Crippen molar-refractivity contribution >= 4 is 5.97 Å². The van der Waals surface area contributed by atoms with E-state index in [9.17, 15) is 23.1 Å². The van der Waals surface area contributed by atoms with Crippen LogP contribution in [0.5, 0.6) is 17.2 Å². The van der Waals surface area contributed by atoms with E-state index >= 15 is 0 Å². The number of para-hydroxylation sites is 1. The minimum absolute atomic E-state index is 0.0397. The second kappa shape index (κ2) is 12.1. The number of phenolic OH excluding ortho intramolecular Hbond substituents is 1. The number of carboxylic acid groups (broad SMARTS) is 1. The van der Waals surface area contributed by atoms with Crippen molar-refractivity contribution in [2.24, 2.45) is 5.92 Å². The van der Waals surface area contributed by atoms with Crippen LogP contribution >= 0.6 is 0 Å². The van der Waals surface area contributed by atoms with E-state index in [0.29, 0.717) is 36.3 Å². The first-order chi connectivity index (χ1) is 18.2. The smallest absolute Gasteiger partial charge is 0.416 e. The lowest BCUT2D eigenvalue weighted by molar-refractivity contribution is -0.244. The van der Waals surface area contributed by atoms with Crippen molar-refractivity contribution in [1.82, 2.24) is 0 Å². The van der Waals surface area contributed by atoms with E-state index in [0.717, 1.165) is 12.1 Å². The Labute approximate surface area is 217 Å². The summed E-state index contributed by atoms with van der Waals surface area (Å²) in [6.07, 6.45) is -1.13. The predicted molar refractivity (Wildman–Crippen MR) is 133 cm³/mol. The van der Waals surface area contributed by atoms with Crippen LogP contribution in [-0.2, 0) is 20.4 Å². The van der Waals surface area contributed by atoms with E-state index in [1.54, 1.807) is 54.6 Å². The summed E-state index contributed by atoms with van der Waals surface area (Å²) in [6.45, 7) is 0.297. The minimum Gasteiger partial charge on any atom is -0.508 e. The van der Waals surface area contributed by atoms with Crippen LogP contribution in [0.2, 0.25) is 0 Å². The van der Waals surface area contributed by atoms with Gasteiger partial charge >= 0.3 is 12.1 Å². The number of halogens is 3. The molecule has 0 aromatic heterocycles. The van der Waals surface area contributed by atoms with Crippen LogP contribution in [0.25, 0.3) is 0 Å². The molecule has 0 radical (unpaired) electrons.